The van der Waals surface area contributed by atoms with Crippen molar-refractivity contribution >= 4 is 23.4 Å². The van der Waals surface area contributed by atoms with Gasteiger partial charge in [-0.2, -0.15) is 0 Å². The summed E-state index contributed by atoms with van der Waals surface area (Å²) in [6.07, 6.45) is 0.820. The number of aromatic hydroxyl groups is 1. The Bertz CT molecular complexity index is 822. The van der Waals surface area contributed by atoms with E-state index in [2.05, 4.69) is 5.32 Å². The number of carbonyl (C=O) groups is 2. The van der Waals surface area contributed by atoms with Gasteiger partial charge in [0.15, 0.2) is 0 Å². The highest BCUT2D eigenvalue weighted by Gasteiger charge is 2.37. The third-order valence-electron chi connectivity index (χ3n) is 4.78. The van der Waals surface area contributed by atoms with Crippen molar-refractivity contribution in [2.24, 2.45) is 5.92 Å². The zero-order valence-corrected chi connectivity index (χ0v) is 15.9. The van der Waals surface area contributed by atoms with Crippen LogP contribution < -0.4 is 5.32 Å². The van der Waals surface area contributed by atoms with Crippen LogP contribution in [0.25, 0.3) is 0 Å². The summed E-state index contributed by atoms with van der Waals surface area (Å²) in [6, 6.07) is 13.5. The number of phenols is 1. The zero-order valence-electron chi connectivity index (χ0n) is 15.2. The van der Waals surface area contributed by atoms with Crippen molar-refractivity contribution in [3.05, 3.63) is 64.7 Å². The van der Waals surface area contributed by atoms with Crippen LogP contribution in [0.4, 0.5) is 0 Å². The Labute approximate surface area is 163 Å². The number of carbonyl (C=O) groups excluding carboxylic acids is 2. The third kappa shape index (κ3) is 5.01. The van der Waals surface area contributed by atoms with Gasteiger partial charge >= 0.3 is 0 Å². The van der Waals surface area contributed by atoms with Gasteiger partial charge in [-0.3, -0.25) is 9.59 Å². The number of nitrogens with one attached hydrogen (secondary N) is 1. The maximum Gasteiger partial charge on any atom is 0.243 e. The molecule has 1 aliphatic rings. The molecule has 6 heteroatoms. The quantitative estimate of drug-likeness (QED) is 0.829. The molecule has 2 amide bonds. The fourth-order valence-electron chi connectivity index (χ4n) is 3.42. The SMILES string of the molecule is CC1CC(C(=O)NCc2ccc(Cl)cc2)N(C(=O)Cc2cccc(O)c2)C1. The topological polar surface area (TPSA) is 69.6 Å². The second-order valence-corrected chi connectivity index (χ2v) is 7.53. The molecule has 142 valence electrons. The van der Waals surface area contributed by atoms with Crippen molar-refractivity contribution in [3.63, 3.8) is 0 Å². The Kier molecular flexibility index (Phi) is 6.01. The fourth-order valence-corrected chi connectivity index (χ4v) is 3.55. The summed E-state index contributed by atoms with van der Waals surface area (Å²) >= 11 is 5.88. The molecule has 0 aliphatic carbocycles. The van der Waals surface area contributed by atoms with Gasteiger partial charge in [-0.05, 0) is 47.7 Å². The fraction of sp³-hybridized carbons (Fsp3) is 0.333. The Balaban J connectivity index is 1.63. The largest absolute Gasteiger partial charge is 0.508 e. The summed E-state index contributed by atoms with van der Waals surface area (Å²) in [6.45, 7) is 3.01. The first kappa shape index (κ1) is 19.2. The van der Waals surface area contributed by atoms with Gasteiger partial charge in [0.1, 0.15) is 11.8 Å². The van der Waals surface area contributed by atoms with Crippen LogP contribution in [0.1, 0.15) is 24.5 Å². The number of hydrogen-bond donors (Lipinski definition) is 2. The van der Waals surface area contributed by atoms with Gasteiger partial charge in [0.25, 0.3) is 0 Å². The Morgan fingerprint density at radius 3 is 2.63 bits per heavy atom. The van der Waals surface area contributed by atoms with Crippen molar-refractivity contribution in [1.29, 1.82) is 0 Å². The molecule has 0 saturated carbocycles. The van der Waals surface area contributed by atoms with E-state index in [4.69, 9.17) is 11.6 Å². The van der Waals surface area contributed by atoms with Gasteiger partial charge in [0.05, 0.1) is 6.42 Å². The predicted octanol–water partition coefficient (Wildman–Crippen LogP) is 3.14. The predicted molar refractivity (Wildman–Crippen MR) is 104 cm³/mol. The number of rotatable bonds is 5. The summed E-state index contributed by atoms with van der Waals surface area (Å²) in [7, 11) is 0. The van der Waals surface area contributed by atoms with Crippen molar-refractivity contribution in [2.75, 3.05) is 6.54 Å². The molecule has 2 unspecified atom stereocenters. The molecule has 0 spiro atoms. The molecule has 3 rings (SSSR count). The van der Waals surface area contributed by atoms with Gasteiger partial charge in [0.2, 0.25) is 11.8 Å². The van der Waals surface area contributed by atoms with E-state index in [9.17, 15) is 14.7 Å². The molecule has 2 N–H and O–H groups in total. The van der Waals surface area contributed by atoms with Gasteiger partial charge < -0.3 is 15.3 Å². The van der Waals surface area contributed by atoms with E-state index in [-0.39, 0.29) is 29.9 Å². The lowest BCUT2D eigenvalue weighted by atomic mass is 10.1. The molecule has 1 saturated heterocycles. The lowest BCUT2D eigenvalue weighted by Crippen LogP contribution is -2.46. The Hall–Kier alpha value is -2.53. The number of likely N-dealkylation sites (tertiary alicyclic amines) is 1. The molecule has 2 atom stereocenters. The first-order valence-corrected chi connectivity index (χ1v) is 9.39. The monoisotopic (exact) mass is 386 g/mol. The summed E-state index contributed by atoms with van der Waals surface area (Å²) in [5, 5.41) is 13.1. The van der Waals surface area contributed by atoms with E-state index >= 15 is 0 Å². The Morgan fingerprint density at radius 2 is 1.93 bits per heavy atom. The van der Waals surface area contributed by atoms with Crippen molar-refractivity contribution in [2.45, 2.75) is 32.4 Å². The average molecular weight is 387 g/mol. The van der Waals surface area contributed by atoms with E-state index in [1.54, 1.807) is 41.3 Å². The highest BCUT2D eigenvalue weighted by atomic mass is 35.5. The highest BCUT2D eigenvalue weighted by molar-refractivity contribution is 6.30. The van der Waals surface area contributed by atoms with Crippen LogP contribution in [0.15, 0.2) is 48.5 Å². The number of halogens is 1. The number of phenolic OH excluding ortho intramolecular Hbond substituents is 1. The van der Waals surface area contributed by atoms with Crippen LogP contribution in [-0.4, -0.2) is 34.4 Å². The Morgan fingerprint density at radius 1 is 1.19 bits per heavy atom. The van der Waals surface area contributed by atoms with E-state index in [1.165, 1.54) is 0 Å². The van der Waals surface area contributed by atoms with Crippen LogP contribution in [0.3, 0.4) is 0 Å². The van der Waals surface area contributed by atoms with Gasteiger partial charge in [0, 0.05) is 18.1 Å². The van der Waals surface area contributed by atoms with E-state index in [0.717, 1.165) is 11.1 Å². The maximum absolute atomic E-state index is 12.7. The third-order valence-corrected chi connectivity index (χ3v) is 5.03. The minimum absolute atomic E-state index is 0.100. The molecule has 1 fully saturated rings. The molecule has 1 aliphatic heterocycles. The molecule has 0 bridgehead atoms. The lowest BCUT2D eigenvalue weighted by Gasteiger charge is -2.24. The number of benzene rings is 2. The molecule has 0 radical (unpaired) electrons. The molecular formula is C21H23ClN2O3. The van der Waals surface area contributed by atoms with E-state index < -0.39 is 6.04 Å². The summed E-state index contributed by atoms with van der Waals surface area (Å²) in [5.74, 6) is 0.159. The smallest absolute Gasteiger partial charge is 0.243 e. The molecule has 5 nitrogen and oxygen atoms in total. The lowest BCUT2D eigenvalue weighted by molar-refractivity contribution is -0.138. The average Bonchev–Trinajstić information content (AvgIpc) is 3.03. The zero-order chi connectivity index (χ0) is 19.4. The minimum atomic E-state index is -0.461. The van der Waals surface area contributed by atoms with E-state index in [1.807, 2.05) is 19.1 Å². The standard InChI is InChI=1S/C21H23ClN2O3/c1-14-9-19(21(27)23-12-15-5-7-17(22)8-6-15)24(13-14)20(26)11-16-3-2-4-18(25)10-16/h2-8,10,14,19,25H,9,11-13H2,1H3,(H,23,27). The normalized spacial score (nSPS) is 19.1. The summed E-state index contributed by atoms with van der Waals surface area (Å²) in [5.41, 5.74) is 1.69. The second-order valence-electron chi connectivity index (χ2n) is 7.09. The second kappa shape index (κ2) is 8.44. The van der Waals surface area contributed by atoms with Crippen molar-refractivity contribution < 1.29 is 14.7 Å². The van der Waals surface area contributed by atoms with Gasteiger partial charge in [-0.15, -0.1) is 0 Å². The van der Waals surface area contributed by atoms with Crippen LogP contribution >= 0.6 is 11.6 Å². The van der Waals surface area contributed by atoms with Gasteiger partial charge in [-0.25, -0.2) is 0 Å². The minimum Gasteiger partial charge on any atom is -0.508 e. The van der Waals surface area contributed by atoms with Gasteiger partial charge in [-0.1, -0.05) is 42.8 Å². The summed E-state index contributed by atoms with van der Waals surface area (Å²) in [4.78, 5) is 27.1. The van der Waals surface area contributed by atoms with Crippen LogP contribution in [-0.2, 0) is 22.6 Å². The first-order valence-electron chi connectivity index (χ1n) is 9.02. The molecule has 0 aromatic heterocycles. The summed E-state index contributed by atoms with van der Waals surface area (Å²) < 4.78 is 0. The first-order chi connectivity index (χ1) is 12.9. The highest BCUT2D eigenvalue weighted by Crippen LogP contribution is 2.24. The molecule has 27 heavy (non-hydrogen) atoms. The maximum atomic E-state index is 12.7. The number of amides is 2. The van der Waals surface area contributed by atoms with Crippen molar-refractivity contribution in [3.8, 4) is 5.75 Å². The van der Waals surface area contributed by atoms with Crippen molar-refractivity contribution in [1.82, 2.24) is 10.2 Å². The molecule has 2 aromatic carbocycles. The molecule has 1 heterocycles. The number of nitrogens with zero attached hydrogens (tertiary/aromatic N) is 1. The molecule has 2 aromatic rings. The van der Waals surface area contributed by atoms with Crippen LogP contribution in [0.5, 0.6) is 5.75 Å². The van der Waals surface area contributed by atoms with E-state index in [0.29, 0.717) is 24.5 Å². The number of hydrogen-bond acceptors (Lipinski definition) is 3. The van der Waals surface area contributed by atoms with Crippen LogP contribution in [0.2, 0.25) is 5.02 Å². The molecular weight excluding hydrogens is 364 g/mol. The van der Waals surface area contributed by atoms with Crippen LogP contribution in [0, 0.1) is 5.92 Å².